The summed E-state index contributed by atoms with van der Waals surface area (Å²) in [6, 6.07) is 0. The normalized spacial score (nSPS) is 14.8. The maximum atomic E-state index is 12.7. The Labute approximate surface area is 415 Å². The minimum absolute atomic E-state index is 0.0227. The van der Waals surface area contributed by atoms with E-state index in [0.717, 1.165) is 122 Å². The van der Waals surface area contributed by atoms with Crippen LogP contribution in [0.15, 0.2) is 134 Å². The second kappa shape index (κ2) is 53.0. The van der Waals surface area contributed by atoms with Crippen LogP contribution >= 0.6 is 7.82 Å². The number of hydrogen-bond donors (Lipinski definition) is 3. The van der Waals surface area contributed by atoms with Crippen LogP contribution in [0.5, 0.6) is 0 Å². The van der Waals surface area contributed by atoms with Crippen molar-refractivity contribution in [2.75, 3.05) is 33.0 Å². The Morgan fingerprint density at radius 3 is 1.19 bits per heavy atom. The number of hydrogen-bond acceptors (Lipinski definition) is 8. The summed E-state index contributed by atoms with van der Waals surface area (Å²) >= 11 is 0. The second-order valence-corrected chi connectivity index (χ2v) is 18.2. The van der Waals surface area contributed by atoms with Gasteiger partial charge in [-0.15, -0.1) is 0 Å². The molecular formula is C58H95O9P. The first-order chi connectivity index (χ1) is 33.3. The quantitative estimate of drug-likeness (QED) is 0.0236. The molecule has 9 nitrogen and oxygen atoms in total. The number of carbonyl (C=O) groups is 1. The van der Waals surface area contributed by atoms with Gasteiger partial charge in [0.05, 0.1) is 26.4 Å². The molecule has 0 aromatic rings. The number of carbonyl (C=O) groups excluding carboxylic acids is 1. The maximum Gasteiger partial charge on any atom is 0.472 e. The van der Waals surface area contributed by atoms with Crippen molar-refractivity contribution in [3.05, 3.63) is 134 Å². The molecule has 0 fully saturated rings. The predicted octanol–water partition coefficient (Wildman–Crippen LogP) is 15.7. The van der Waals surface area contributed by atoms with Crippen molar-refractivity contribution in [3.8, 4) is 0 Å². The standard InChI is InChI=1S/C58H95O9P/c1-3-5-7-9-11-13-15-17-19-21-23-25-27-29-31-33-35-37-39-41-43-45-47-49-51-64-54-57(55-66-68(62,63)65-53-56(60)52-59)67-58(61)50-48-46-44-42-40-38-36-34-32-30-28-26-24-22-20-18-16-14-12-10-8-6-4-2/h5-8,11-14,17-20,23-26,29-32,36,38,56-57,59-60H,3-4,9-10,15-16,21-22,27-28,33-35,37,39-55H2,1-2H3,(H,62,63)/b7-5-,8-6-,13-11-,14-12-,19-17-,20-18-,25-23-,26-24-,31-29-,32-30-,38-36-. The monoisotopic (exact) mass is 967 g/mol. The highest BCUT2D eigenvalue weighted by Crippen LogP contribution is 2.43. The SMILES string of the molecule is CC/C=C\C/C=C\C/C=C\C/C=C\C/C=C\C/C=C\CCCCCCC(=O)OC(COCCCCCCCCCC/C=C\C/C=C\C/C=C\C/C=C\C/C=C\CC)COP(=O)(O)OCC(O)CO. The van der Waals surface area contributed by atoms with Crippen molar-refractivity contribution in [1.29, 1.82) is 0 Å². The Hall–Kier alpha value is -3.40. The van der Waals surface area contributed by atoms with E-state index in [2.05, 4.69) is 148 Å². The van der Waals surface area contributed by atoms with Gasteiger partial charge >= 0.3 is 13.8 Å². The van der Waals surface area contributed by atoms with Crippen molar-refractivity contribution in [2.45, 2.75) is 193 Å². The molecule has 0 saturated heterocycles. The number of allylic oxidation sites excluding steroid dienone is 22. The fraction of sp³-hybridized carbons (Fsp3) is 0.603. The number of ether oxygens (including phenoxy) is 2. The molecule has 0 spiro atoms. The van der Waals surface area contributed by atoms with Gasteiger partial charge in [-0.1, -0.05) is 199 Å². The highest BCUT2D eigenvalue weighted by Gasteiger charge is 2.26. The van der Waals surface area contributed by atoms with Gasteiger partial charge in [0, 0.05) is 13.0 Å². The third-order valence-electron chi connectivity index (χ3n) is 10.3. The number of phosphoric ester groups is 1. The van der Waals surface area contributed by atoms with Crippen LogP contribution in [-0.4, -0.2) is 66.3 Å². The number of phosphoric acid groups is 1. The first-order valence-corrected chi connectivity index (χ1v) is 27.7. The third kappa shape index (κ3) is 52.0. The molecule has 0 radical (unpaired) electrons. The van der Waals surface area contributed by atoms with Crippen LogP contribution in [0, 0.1) is 0 Å². The van der Waals surface area contributed by atoms with E-state index in [1.807, 2.05) is 0 Å². The molecule has 3 N–H and O–H groups in total. The summed E-state index contributed by atoms with van der Waals surface area (Å²) in [5, 5.41) is 18.4. The lowest BCUT2D eigenvalue weighted by Gasteiger charge is -2.20. The highest BCUT2D eigenvalue weighted by molar-refractivity contribution is 7.47. The van der Waals surface area contributed by atoms with E-state index < -0.39 is 45.8 Å². The van der Waals surface area contributed by atoms with E-state index in [0.29, 0.717) is 13.0 Å². The van der Waals surface area contributed by atoms with Crippen LogP contribution < -0.4 is 0 Å². The summed E-state index contributed by atoms with van der Waals surface area (Å²) in [6.07, 6.45) is 72.7. The molecule has 0 aromatic heterocycles. The molecule has 0 aliphatic carbocycles. The Morgan fingerprint density at radius 2 is 0.794 bits per heavy atom. The van der Waals surface area contributed by atoms with Gasteiger partial charge in [0.2, 0.25) is 0 Å². The van der Waals surface area contributed by atoms with E-state index in [-0.39, 0.29) is 13.0 Å². The van der Waals surface area contributed by atoms with Gasteiger partial charge in [-0.05, 0) is 109 Å². The van der Waals surface area contributed by atoms with Crippen molar-refractivity contribution >= 4 is 13.8 Å². The number of aliphatic hydroxyl groups is 2. The molecule has 0 aromatic carbocycles. The second-order valence-electron chi connectivity index (χ2n) is 16.8. The van der Waals surface area contributed by atoms with Gasteiger partial charge in [-0.3, -0.25) is 13.8 Å². The minimum atomic E-state index is -4.55. The zero-order valence-electron chi connectivity index (χ0n) is 42.5. The van der Waals surface area contributed by atoms with Crippen LogP contribution in [0.25, 0.3) is 0 Å². The first kappa shape index (κ1) is 64.6. The van der Waals surface area contributed by atoms with Crippen molar-refractivity contribution in [1.82, 2.24) is 0 Å². The Bertz CT molecular complexity index is 1520. The number of aliphatic hydroxyl groups excluding tert-OH is 2. The van der Waals surface area contributed by atoms with Gasteiger partial charge in [0.1, 0.15) is 12.2 Å². The Balaban J connectivity index is 4.19. The van der Waals surface area contributed by atoms with Crippen LogP contribution in [0.4, 0.5) is 0 Å². The van der Waals surface area contributed by atoms with Gasteiger partial charge in [0.15, 0.2) is 0 Å². The van der Waals surface area contributed by atoms with E-state index >= 15 is 0 Å². The highest BCUT2D eigenvalue weighted by atomic mass is 31.2. The smallest absolute Gasteiger partial charge is 0.457 e. The molecule has 0 saturated carbocycles. The molecule has 0 heterocycles. The van der Waals surface area contributed by atoms with Crippen LogP contribution in [0.1, 0.15) is 181 Å². The molecule has 10 heteroatoms. The van der Waals surface area contributed by atoms with Gasteiger partial charge in [-0.25, -0.2) is 4.57 Å². The predicted molar refractivity (Wildman–Crippen MR) is 287 cm³/mol. The first-order valence-electron chi connectivity index (χ1n) is 26.2. The van der Waals surface area contributed by atoms with Crippen LogP contribution in [-0.2, 0) is 27.9 Å². The number of esters is 1. The average Bonchev–Trinajstić information content (AvgIpc) is 3.33. The summed E-state index contributed by atoms with van der Waals surface area (Å²) in [6.45, 7) is 3.21. The molecule has 3 unspecified atom stereocenters. The summed E-state index contributed by atoms with van der Waals surface area (Å²) in [4.78, 5) is 22.7. The summed E-state index contributed by atoms with van der Waals surface area (Å²) in [5.41, 5.74) is 0. The van der Waals surface area contributed by atoms with E-state index in [1.165, 1.54) is 32.1 Å². The molecule has 0 bridgehead atoms. The maximum absolute atomic E-state index is 12.7. The molecule has 386 valence electrons. The molecule has 3 atom stereocenters. The number of unbranched alkanes of at least 4 members (excludes halogenated alkanes) is 12. The summed E-state index contributed by atoms with van der Waals surface area (Å²) < 4.78 is 33.5. The molecular weight excluding hydrogens is 872 g/mol. The summed E-state index contributed by atoms with van der Waals surface area (Å²) in [5.74, 6) is -0.415. The summed E-state index contributed by atoms with van der Waals surface area (Å²) in [7, 11) is -4.55. The van der Waals surface area contributed by atoms with Crippen molar-refractivity contribution < 1.29 is 43.0 Å². The fourth-order valence-electron chi connectivity index (χ4n) is 6.44. The van der Waals surface area contributed by atoms with Gasteiger partial charge in [-0.2, -0.15) is 0 Å². The zero-order valence-corrected chi connectivity index (χ0v) is 43.4. The lowest BCUT2D eigenvalue weighted by molar-refractivity contribution is -0.154. The Kier molecular flexibility index (Phi) is 50.3. The fourth-order valence-corrected chi connectivity index (χ4v) is 7.23. The molecule has 68 heavy (non-hydrogen) atoms. The van der Waals surface area contributed by atoms with Crippen LogP contribution in [0.3, 0.4) is 0 Å². The zero-order chi connectivity index (χ0) is 49.5. The van der Waals surface area contributed by atoms with Gasteiger partial charge < -0.3 is 24.6 Å². The van der Waals surface area contributed by atoms with E-state index in [1.54, 1.807) is 0 Å². The van der Waals surface area contributed by atoms with Crippen molar-refractivity contribution in [2.24, 2.45) is 0 Å². The third-order valence-corrected chi connectivity index (χ3v) is 11.3. The molecule has 0 amide bonds. The molecule has 0 aliphatic rings. The lowest BCUT2D eigenvalue weighted by Crippen LogP contribution is -2.29. The average molecular weight is 967 g/mol. The van der Waals surface area contributed by atoms with Gasteiger partial charge in [0.25, 0.3) is 0 Å². The topological polar surface area (TPSA) is 132 Å². The minimum Gasteiger partial charge on any atom is -0.457 e. The largest absolute Gasteiger partial charge is 0.472 e. The van der Waals surface area contributed by atoms with E-state index in [9.17, 15) is 19.4 Å². The van der Waals surface area contributed by atoms with Crippen molar-refractivity contribution in [3.63, 3.8) is 0 Å². The Morgan fingerprint density at radius 1 is 0.456 bits per heavy atom. The lowest BCUT2D eigenvalue weighted by atomic mass is 10.1. The molecule has 0 aliphatic heterocycles. The number of rotatable bonds is 48. The molecule has 0 rings (SSSR count). The van der Waals surface area contributed by atoms with E-state index in [4.69, 9.17) is 23.6 Å². The van der Waals surface area contributed by atoms with Crippen LogP contribution in [0.2, 0.25) is 0 Å².